The zero-order valence-electron chi connectivity index (χ0n) is 9.87. The average Bonchev–Trinajstić information content (AvgIpc) is 2.63. The van der Waals surface area contributed by atoms with Gasteiger partial charge in [0, 0.05) is 28.4 Å². The summed E-state index contributed by atoms with van der Waals surface area (Å²) in [5, 5.41) is 1.13. The van der Waals surface area contributed by atoms with Gasteiger partial charge in [0.2, 0.25) is 0 Å². The molecule has 0 spiro atoms. The number of aromatic nitrogens is 1. The van der Waals surface area contributed by atoms with Gasteiger partial charge in [0.05, 0.1) is 10.2 Å². The molecule has 0 fully saturated rings. The molecule has 0 aliphatic heterocycles. The second-order valence-corrected chi connectivity index (χ2v) is 5.26. The van der Waals surface area contributed by atoms with Gasteiger partial charge in [0.25, 0.3) is 0 Å². The van der Waals surface area contributed by atoms with Crippen molar-refractivity contribution in [2.24, 2.45) is 0 Å². The molecule has 0 N–H and O–H groups in total. The minimum Gasteiger partial charge on any atom is -0.458 e. The van der Waals surface area contributed by atoms with E-state index >= 15 is 0 Å². The first kappa shape index (κ1) is 10.6. The van der Waals surface area contributed by atoms with Gasteiger partial charge in [-0.1, -0.05) is 18.2 Å². The zero-order valence-corrected chi connectivity index (χ0v) is 10.7. The van der Waals surface area contributed by atoms with Gasteiger partial charge in [-0.25, -0.2) is 0 Å². The lowest BCUT2D eigenvalue weighted by Crippen LogP contribution is -1.74. The third kappa shape index (κ3) is 1.77. The number of nitrogens with zero attached hydrogens (tertiary/aromatic N) is 1. The topological polar surface area (TPSA) is 39.2 Å². The maximum atomic E-state index is 5.45. The minimum atomic E-state index is 0.699. The molecule has 2 aromatic carbocycles. The second kappa shape index (κ2) is 4.10. The van der Waals surface area contributed by atoms with E-state index in [1.54, 1.807) is 11.3 Å². The normalized spacial score (nSPS) is 11.2. The Hall–Kier alpha value is -2.33. The summed E-state index contributed by atoms with van der Waals surface area (Å²) in [6.07, 6.45) is 4.95. The van der Waals surface area contributed by atoms with Crippen molar-refractivity contribution in [3.05, 3.63) is 55.1 Å². The highest BCUT2D eigenvalue weighted by atomic mass is 32.1. The highest BCUT2D eigenvalue weighted by Crippen LogP contribution is 2.27. The lowest BCUT2D eigenvalue weighted by Gasteiger charge is -1.96. The minimum absolute atomic E-state index is 0.699. The molecule has 92 valence electrons. The van der Waals surface area contributed by atoms with E-state index in [0.29, 0.717) is 5.58 Å². The van der Waals surface area contributed by atoms with Crippen LogP contribution in [0.2, 0.25) is 0 Å². The van der Waals surface area contributed by atoms with E-state index in [1.165, 1.54) is 17.2 Å². The number of benzene rings is 2. The molecule has 4 rings (SSSR count). The van der Waals surface area contributed by atoms with E-state index in [4.69, 9.17) is 8.83 Å². The molecule has 3 nitrogen and oxygen atoms in total. The number of rotatable bonds is 0. The molecule has 0 aliphatic rings. The van der Waals surface area contributed by atoms with Crippen molar-refractivity contribution < 1.29 is 8.83 Å². The first-order valence-corrected chi connectivity index (χ1v) is 6.69. The maximum absolute atomic E-state index is 5.45. The molecule has 0 amide bonds. The average molecular weight is 267 g/mol. The molecule has 0 saturated heterocycles. The Kier molecular flexibility index (Phi) is 2.28. The lowest BCUT2D eigenvalue weighted by atomic mass is 10.3. The van der Waals surface area contributed by atoms with Crippen LogP contribution >= 0.6 is 11.3 Å². The van der Waals surface area contributed by atoms with Crippen LogP contribution < -0.4 is 0 Å². The summed E-state index contributed by atoms with van der Waals surface area (Å²) in [5.74, 6) is 0. The van der Waals surface area contributed by atoms with Crippen molar-refractivity contribution in [2.45, 2.75) is 0 Å². The van der Waals surface area contributed by atoms with E-state index < -0.39 is 0 Å². The van der Waals surface area contributed by atoms with E-state index in [2.05, 4.69) is 17.1 Å². The first-order valence-electron chi connectivity index (χ1n) is 5.87. The molecule has 19 heavy (non-hydrogen) atoms. The van der Waals surface area contributed by atoms with Crippen LogP contribution in [0, 0.1) is 0 Å². The molecule has 0 unspecified atom stereocenters. The molecule has 0 radical (unpaired) electrons. The summed E-state index contributed by atoms with van der Waals surface area (Å²) in [4.78, 5) is 4.53. The van der Waals surface area contributed by atoms with Crippen molar-refractivity contribution in [1.29, 1.82) is 0 Å². The Labute approximate surface area is 112 Å². The van der Waals surface area contributed by atoms with Gasteiger partial charge in [-0.05, 0) is 6.07 Å². The van der Waals surface area contributed by atoms with Crippen molar-refractivity contribution in [3.8, 4) is 0 Å². The lowest BCUT2D eigenvalue weighted by molar-refractivity contribution is 0.510. The van der Waals surface area contributed by atoms with Crippen LogP contribution in [0.1, 0.15) is 0 Å². The molecular formula is C15H9NO2S. The van der Waals surface area contributed by atoms with Crippen molar-refractivity contribution >= 4 is 42.8 Å². The van der Waals surface area contributed by atoms with Gasteiger partial charge in [-0.2, -0.15) is 0 Å². The zero-order chi connectivity index (χ0) is 12.7. The number of hydrogen-bond donors (Lipinski definition) is 0. The van der Waals surface area contributed by atoms with E-state index in [9.17, 15) is 0 Å². The summed E-state index contributed by atoms with van der Waals surface area (Å²) in [6, 6.07) is 12.1. The van der Waals surface area contributed by atoms with Gasteiger partial charge in [0.1, 0.15) is 12.5 Å². The molecule has 0 saturated carbocycles. The Balaban J connectivity index is 2.21. The van der Waals surface area contributed by atoms with Crippen molar-refractivity contribution in [3.63, 3.8) is 0 Å². The summed E-state index contributed by atoms with van der Waals surface area (Å²) < 4.78 is 13.1. The highest BCUT2D eigenvalue weighted by molar-refractivity contribution is 7.24. The highest BCUT2D eigenvalue weighted by Gasteiger charge is 2.03. The molecule has 4 aromatic rings. The molecule has 0 aliphatic carbocycles. The van der Waals surface area contributed by atoms with Gasteiger partial charge in [-0.3, -0.25) is 4.98 Å². The molecular weight excluding hydrogens is 258 g/mol. The number of hydrogen-bond acceptors (Lipinski definition) is 4. The van der Waals surface area contributed by atoms with Crippen LogP contribution in [0.5, 0.6) is 0 Å². The summed E-state index contributed by atoms with van der Waals surface area (Å²) in [5.41, 5.74) is 2.33. The summed E-state index contributed by atoms with van der Waals surface area (Å²) >= 11 is 1.69. The van der Waals surface area contributed by atoms with E-state index in [1.807, 2.05) is 30.5 Å². The van der Waals surface area contributed by atoms with Crippen LogP contribution in [0.25, 0.3) is 31.5 Å². The third-order valence-corrected chi connectivity index (χ3v) is 4.09. The molecule has 4 heteroatoms. The fourth-order valence-corrected chi connectivity index (χ4v) is 3.04. The fourth-order valence-electron chi connectivity index (χ4n) is 2.04. The predicted molar refractivity (Wildman–Crippen MR) is 76.8 cm³/mol. The van der Waals surface area contributed by atoms with Crippen molar-refractivity contribution in [1.82, 2.24) is 4.98 Å². The Morgan fingerprint density at radius 2 is 1.68 bits per heavy atom. The summed E-state index contributed by atoms with van der Waals surface area (Å²) in [7, 11) is 0. The van der Waals surface area contributed by atoms with Crippen LogP contribution in [-0.2, 0) is 0 Å². The van der Waals surface area contributed by atoms with Gasteiger partial charge >= 0.3 is 0 Å². The maximum Gasteiger partial charge on any atom is 0.171 e. The van der Waals surface area contributed by atoms with Gasteiger partial charge in [0.15, 0.2) is 11.2 Å². The third-order valence-electron chi connectivity index (χ3n) is 2.95. The molecule has 0 atom stereocenters. The quantitative estimate of drug-likeness (QED) is 0.454. The standard InChI is InChI=1S/C15H9NO2S/c1-2-4-14-10(3-1)9-16-11-7-12-13(8-15(11)19-14)18-6-5-17-12/h1-9H. The van der Waals surface area contributed by atoms with Gasteiger partial charge < -0.3 is 8.83 Å². The monoisotopic (exact) mass is 267 g/mol. The Bertz CT molecular complexity index is 925. The predicted octanol–water partition coefficient (Wildman–Crippen LogP) is 4.91. The SMILES string of the molecule is c1ccc2sc3cc4occoc4cc3ncc2c1. The first-order chi connectivity index (χ1) is 9.40. The van der Waals surface area contributed by atoms with E-state index in [-0.39, 0.29) is 0 Å². The second-order valence-electron chi connectivity index (χ2n) is 4.17. The number of fused-ring (bicyclic) bond motifs is 3. The van der Waals surface area contributed by atoms with Crippen LogP contribution in [0.4, 0.5) is 0 Å². The van der Waals surface area contributed by atoms with Crippen LogP contribution in [-0.4, -0.2) is 4.98 Å². The molecule has 2 aromatic heterocycles. The fraction of sp³-hybridized carbons (Fsp3) is 0. The van der Waals surface area contributed by atoms with Crippen LogP contribution in [0.3, 0.4) is 0 Å². The van der Waals surface area contributed by atoms with E-state index in [0.717, 1.165) is 21.2 Å². The summed E-state index contributed by atoms with van der Waals surface area (Å²) in [6.45, 7) is 0. The Morgan fingerprint density at radius 1 is 0.895 bits per heavy atom. The largest absolute Gasteiger partial charge is 0.458 e. The van der Waals surface area contributed by atoms with Gasteiger partial charge in [-0.15, -0.1) is 11.3 Å². The Morgan fingerprint density at radius 3 is 2.58 bits per heavy atom. The molecule has 0 bridgehead atoms. The van der Waals surface area contributed by atoms with Crippen molar-refractivity contribution in [2.75, 3.05) is 0 Å². The molecule has 2 heterocycles. The van der Waals surface area contributed by atoms with Crippen LogP contribution in [0.15, 0.2) is 64.0 Å². The smallest absolute Gasteiger partial charge is 0.171 e.